The summed E-state index contributed by atoms with van der Waals surface area (Å²) in [6, 6.07) is 2.58. The second-order valence-electron chi connectivity index (χ2n) is 6.23. The zero-order chi connectivity index (χ0) is 14.7. The molecule has 1 aliphatic heterocycles. The predicted molar refractivity (Wildman–Crippen MR) is 79.8 cm³/mol. The lowest BCUT2D eigenvalue weighted by Crippen LogP contribution is -2.44. The first-order valence-electron chi connectivity index (χ1n) is 8.14. The lowest BCUT2D eigenvalue weighted by molar-refractivity contribution is -0.148. The number of nitrogens with zero attached hydrogens (tertiary/aromatic N) is 3. The highest BCUT2D eigenvalue weighted by Gasteiger charge is 2.30. The van der Waals surface area contributed by atoms with Crippen molar-refractivity contribution in [2.45, 2.75) is 63.6 Å². The largest absolute Gasteiger partial charge is 0.468 e. The van der Waals surface area contributed by atoms with Crippen LogP contribution in [0, 0.1) is 0 Å². The van der Waals surface area contributed by atoms with Crippen LogP contribution in [0.2, 0.25) is 0 Å². The second kappa shape index (κ2) is 6.60. The van der Waals surface area contributed by atoms with E-state index in [1.807, 2.05) is 0 Å². The van der Waals surface area contributed by atoms with Gasteiger partial charge in [0.2, 0.25) is 0 Å². The summed E-state index contributed by atoms with van der Waals surface area (Å²) in [5, 5.41) is 4.73. The van der Waals surface area contributed by atoms with Gasteiger partial charge in [0.1, 0.15) is 6.04 Å². The molecular formula is C16H25N3O2. The number of hydrogen-bond acceptors (Lipinski definition) is 4. The maximum atomic E-state index is 11.9. The third kappa shape index (κ3) is 3.28. The number of rotatable bonds is 4. The third-order valence-corrected chi connectivity index (χ3v) is 4.81. The Hall–Kier alpha value is -1.36. The summed E-state index contributed by atoms with van der Waals surface area (Å²) in [5.74, 6) is -0.107. The van der Waals surface area contributed by atoms with Crippen molar-refractivity contribution in [1.29, 1.82) is 0 Å². The molecule has 0 amide bonds. The van der Waals surface area contributed by atoms with Crippen LogP contribution in [0.1, 0.15) is 56.7 Å². The van der Waals surface area contributed by atoms with Gasteiger partial charge in [-0.15, -0.1) is 0 Å². The van der Waals surface area contributed by atoms with E-state index in [1.165, 1.54) is 32.8 Å². The third-order valence-electron chi connectivity index (χ3n) is 4.81. The molecule has 116 valence electrons. The summed E-state index contributed by atoms with van der Waals surface area (Å²) < 4.78 is 7.06. The molecule has 1 aliphatic carbocycles. The Morgan fingerprint density at radius 3 is 2.81 bits per heavy atom. The number of methoxy groups -OCH3 is 1. The monoisotopic (exact) mass is 291 g/mol. The van der Waals surface area contributed by atoms with Crippen LogP contribution >= 0.6 is 0 Å². The zero-order valence-corrected chi connectivity index (χ0v) is 12.8. The average molecular weight is 291 g/mol. The van der Waals surface area contributed by atoms with Crippen LogP contribution < -0.4 is 0 Å². The van der Waals surface area contributed by atoms with Gasteiger partial charge >= 0.3 is 5.97 Å². The molecule has 3 rings (SSSR count). The van der Waals surface area contributed by atoms with Gasteiger partial charge in [-0.3, -0.25) is 14.4 Å². The van der Waals surface area contributed by atoms with E-state index in [-0.39, 0.29) is 12.0 Å². The fourth-order valence-electron chi connectivity index (χ4n) is 3.63. The minimum absolute atomic E-state index is 0.0969. The van der Waals surface area contributed by atoms with E-state index in [4.69, 9.17) is 9.84 Å². The van der Waals surface area contributed by atoms with Gasteiger partial charge in [0.05, 0.1) is 18.8 Å². The summed E-state index contributed by atoms with van der Waals surface area (Å²) in [6.07, 6.45) is 10.4. The minimum Gasteiger partial charge on any atom is -0.468 e. The van der Waals surface area contributed by atoms with Crippen molar-refractivity contribution >= 4 is 5.97 Å². The van der Waals surface area contributed by atoms with Gasteiger partial charge in [-0.05, 0) is 38.3 Å². The van der Waals surface area contributed by atoms with Crippen LogP contribution in [0.4, 0.5) is 0 Å². The molecule has 5 heteroatoms. The van der Waals surface area contributed by atoms with E-state index in [0.717, 1.165) is 38.0 Å². The van der Waals surface area contributed by atoms with E-state index in [1.54, 1.807) is 0 Å². The predicted octanol–water partition coefficient (Wildman–Crippen LogP) is 2.53. The van der Waals surface area contributed by atoms with Crippen molar-refractivity contribution in [1.82, 2.24) is 14.7 Å². The molecule has 0 N–H and O–H groups in total. The topological polar surface area (TPSA) is 47.4 Å². The summed E-state index contributed by atoms with van der Waals surface area (Å²) in [7, 11) is 1.48. The maximum Gasteiger partial charge on any atom is 0.323 e. The number of esters is 1. The summed E-state index contributed by atoms with van der Waals surface area (Å²) in [5.41, 5.74) is 1.07. The van der Waals surface area contributed by atoms with Crippen molar-refractivity contribution in [2.75, 3.05) is 13.7 Å². The fourth-order valence-corrected chi connectivity index (χ4v) is 3.63. The van der Waals surface area contributed by atoms with Crippen LogP contribution in [0.5, 0.6) is 0 Å². The number of carbonyl (C=O) groups excluding carboxylic acids is 1. The summed E-state index contributed by atoms with van der Waals surface area (Å²) in [4.78, 5) is 14.1. The molecule has 5 nitrogen and oxygen atoms in total. The zero-order valence-electron chi connectivity index (χ0n) is 12.8. The van der Waals surface area contributed by atoms with Gasteiger partial charge in [0.15, 0.2) is 0 Å². The number of hydrogen-bond donors (Lipinski definition) is 0. The lowest BCUT2D eigenvalue weighted by atomic mass is 10.0. The van der Waals surface area contributed by atoms with Gasteiger partial charge < -0.3 is 4.74 Å². The van der Waals surface area contributed by atoms with Gasteiger partial charge in [-0.2, -0.15) is 5.10 Å². The van der Waals surface area contributed by atoms with Crippen LogP contribution in [0.15, 0.2) is 12.3 Å². The Morgan fingerprint density at radius 2 is 2.05 bits per heavy atom. The number of ether oxygens (including phenoxy) is 1. The van der Waals surface area contributed by atoms with Gasteiger partial charge in [0.25, 0.3) is 0 Å². The fraction of sp³-hybridized carbons (Fsp3) is 0.750. The first-order chi connectivity index (χ1) is 10.3. The minimum atomic E-state index is -0.107. The normalized spacial score (nSPS) is 24.3. The molecule has 2 heterocycles. The Labute approximate surface area is 126 Å². The van der Waals surface area contributed by atoms with E-state index in [2.05, 4.69) is 21.8 Å². The van der Waals surface area contributed by atoms with Crippen molar-refractivity contribution < 1.29 is 9.53 Å². The quantitative estimate of drug-likeness (QED) is 0.800. The number of piperidine rings is 1. The lowest BCUT2D eigenvalue weighted by Gasteiger charge is -2.33. The molecule has 2 fully saturated rings. The van der Waals surface area contributed by atoms with E-state index in [0.29, 0.717) is 6.04 Å². The molecule has 1 unspecified atom stereocenters. The van der Waals surface area contributed by atoms with Crippen LogP contribution in [-0.4, -0.2) is 40.3 Å². The molecule has 1 aromatic rings. The second-order valence-corrected chi connectivity index (χ2v) is 6.23. The molecule has 0 spiro atoms. The van der Waals surface area contributed by atoms with Crippen LogP contribution in [0.3, 0.4) is 0 Å². The van der Waals surface area contributed by atoms with E-state index < -0.39 is 0 Å². The molecule has 0 bridgehead atoms. The Bertz CT molecular complexity index is 480. The van der Waals surface area contributed by atoms with Crippen LogP contribution in [-0.2, 0) is 16.1 Å². The molecule has 1 saturated carbocycles. The molecule has 0 radical (unpaired) electrons. The average Bonchev–Trinajstić information content (AvgIpc) is 3.18. The summed E-state index contributed by atoms with van der Waals surface area (Å²) in [6.45, 7) is 1.70. The van der Waals surface area contributed by atoms with Crippen molar-refractivity contribution in [2.24, 2.45) is 0 Å². The van der Waals surface area contributed by atoms with Gasteiger partial charge in [0, 0.05) is 12.7 Å². The highest BCUT2D eigenvalue weighted by molar-refractivity contribution is 5.75. The van der Waals surface area contributed by atoms with Crippen molar-refractivity contribution in [3.05, 3.63) is 18.0 Å². The standard InChI is InChI=1S/C16H25N3O2/c1-21-16(20)15-8-4-5-10-18(15)12-13-9-11-19(17-13)14-6-2-3-7-14/h9,11,14-15H,2-8,10,12H2,1H3. The number of aromatic nitrogens is 2. The number of likely N-dealkylation sites (tertiary alicyclic amines) is 1. The summed E-state index contributed by atoms with van der Waals surface area (Å²) >= 11 is 0. The number of carbonyl (C=O) groups is 1. The van der Waals surface area contributed by atoms with Crippen molar-refractivity contribution in [3.63, 3.8) is 0 Å². The van der Waals surface area contributed by atoms with E-state index >= 15 is 0 Å². The Balaban J connectivity index is 1.65. The smallest absolute Gasteiger partial charge is 0.323 e. The highest BCUT2D eigenvalue weighted by atomic mass is 16.5. The van der Waals surface area contributed by atoms with Gasteiger partial charge in [-0.1, -0.05) is 19.3 Å². The first kappa shape index (κ1) is 14.6. The van der Waals surface area contributed by atoms with E-state index in [9.17, 15) is 4.79 Å². The van der Waals surface area contributed by atoms with Gasteiger partial charge in [-0.25, -0.2) is 0 Å². The molecule has 1 atom stereocenters. The highest BCUT2D eigenvalue weighted by Crippen LogP contribution is 2.29. The van der Waals surface area contributed by atoms with Crippen LogP contribution in [0.25, 0.3) is 0 Å². The maximum absolute atomic E-state index is 11.9. The molecule has 21 heavy (non-hydrogen) atoms. The Morgan fingerprint density at radius 1 is 1.29 bits per heavy atom. The first-order valence-corrected chi connectivity index (χ1v) is 8.14. The molecule has 2 aliphatic rings. The Kier molecular flexibility index (Phi) is 4.58. The SMILES string of the molecule is COC(=O)C1CCCCN1Cc1ccn(C2CCCC2)n1. The molecular weight excluding hydrogens is 266 g/mol. The molecule has 1 aromatic heterocycles. The molecule has 0 aromatic carbocycles. The molecule has 1 saturated heterocycles. The van der Waals surface area contributed by atoms with Crippen molar-refractivity contribution in [3.8, 4) is 0 Å².